The third-order valence-corrected chi connectivity index (χ3v) is 8.15. The van der Waals surface area contributed by atoms with Crippen molar-refractivity contribution in [1.82, 2.24) is 9.88 Å². The van der Waals surface area contributed by atoms with E-state index in [1.807, 2.05) is 31.4 Å². The van der Waals surface area contributed by atoms with Gasteiger partial charge in [-0.1, -0.05) is 24.1 Å². The number of piperidine rings is 1. The number of amides is 1. The van der Waals surface area contributed by atoms with Gasteiger partial charge in [0, 0.05) is 55.4 Å². The first-order valence-electron chi connectivity index (χ1n) is 14.7. The van der Waals surface area contributed by atoms with Gasteiger partial charge in [0.25, 0.3) is 0 Å². The lowest BCUT2D eigenvalue weighted by Crippen LogP contribution is -2.47. The first kappa shape index (κ1) is 33.4. The molecule has 13 heteroatoms. The van der Waals surface area contributed by atoms with Crippen LogP contribution >= 0.6 is 11.9 Å². The molecule has 244 valence electrons. The zero-order valence-corrected chi connectivity index (χ0v) is 26.5. The highest BCUT2D eigenvalue weighted by Crippen LogP contribution is 2.27. The van der Waals surface area contributed by atoms with Crippen LogP contribution in [0.4, 0.5) is 30.2 Å². The van der Waals surface area contributed by atoms with Crippen LogP contribution in [0.3, 0.4) is 0 Å². The predicted octanol–water partition coefficient (Wildman–Crippen LogP) is 6.70. The van der Waals surface area contributed by atoms with Gasteiger partial charge in [-0.3, -0.25) is 9.69 Å². The number of rotatable bonds is 12. The van der Waals surface area contributed by atoms with Gasteiger partial charge in [0.2, 0.25) is 11.8 Å². The second-order valence-electron chi connectivity index (χ2n) is 10.9. The SMILES string of the molecule is CSNc1c#cc(Oc2ccc(CN3CCC(N(CC(=O)Nc4cc(C(=O)O)c(F)cc4F)c4cccc(F)c4)CC3)c(C)n2)cc1. The first-order chi connectivity index (χ1) is 22.6. The van der Waals surface area contributed by atoms with Crippen LogP contribution in [0.1, 0.15) is 34.5 Å². The van der Waals surface area contributed by atoms with Gasteiger partial charge >= 0.3 is 5.97 Å². The molecule has 0 spiro atoms. The Labute approximate surface area is 274 Å². The van der Waals surface area contributed by atoms with Crippen molar-refractivity contribution in [2.24, 2.45) is 0 Å². The van der Waals surface area contributed by atoms with Gasteiger partial charge in [0.05, 0.1) is 23.5 Å². The number of ether oxygens (including phenoxy) is 1. The van der Waals surface area contributed by atoms with Crippen molar-refractivity contribution < 1.29 is 32.6 Å². The standard InChI is InChI=1S/C34H32F3N5O4S/c1-21-22(6-11-33(38-21)46-27-9-7-24(8-10-27)40-47-2)19-41-14-12-25(13-15-41)42(26-5-3-4-23(35)16-26)20-32(43)39-31-17-28(34(44)45)29(36)18-30(31)37/h3-7,9,11,16-18,25,40H,12-15,19-20H2,1-2H3,(H,39,43)(H,44,45). The van der Waals surface area contributed by atoms with E-state index in [2.05, 4.69) is 32.1 Å². The number of carboxylic acids is 1. The number of likely N-dealkylation sites (tertiary alicyclic amines) is 1. The number of aromatic nitrogens is 1. The van der Waals surface area contributed by atoms with Crippen LogP contribution < -0.4 is 19.7 Å². The zero-order valence-electron chi connectivity index (χ0n) is 25.6. The fourth-order valence-electron chi connectivity index (χ4n) is 5.37. The third-order valence-electron chi connectivity index (χ3n) is 7.72. The van der Waals surface area contributed by atoms with E-state index in [9.17, 15) is 27.9 Å². The minimum absolute atomic E-state index is 0.146. The summed E-state index contributed by atoms with van der Waals surface area (Å²) >= 11 is 1.46. The van der Waals surface area contributed by atoms with Crippen LogP contribution in [0.15, 0.2) is 60.7 Å². The lowest BCUT2D eigenvalue weighted by molar-refractivity contribution is -0.115. The first-order valence-corrected chi connectivity index (χ1v) is 16.0. The monoisotopic (exact) mass is 663 g/mol. The molecule has 0 saturated carbocycles. The average molecular weight is 664 g/mol. The Bertz CT molecular complexity index is 1740. The van der Waals surface area contributed by atoms with Gasteiger partial charge in [-0.05, 0) is 73.9 Å². The molecule has 1 fully saturated rings. The summed E-state index contributed by atoms with van der Waals surface area (Å²) in [6.07, 6.45) is 3.22. The molecule has 0 bridgehead atoms. The molecular formula is C34H32F3N5O4S. The molecule has 3 aromatic carbocycles. The highest BCUT2D eigenvalue weighted by Gasteiger charge is 2.28. The summed E-state index contributed by atoms with van der Waals surface area (Å²) in [5.41, 5.74) is 1.91. The van der Waals surface area contributed by atoms with E-state index in [-0.39, 0.29) is 12.6 Å². The van der Waals surface area contributed by atoms with Crippen LogP contribution in [0.2, 0.25) is 0 Å². The second kappa shape index (κ2) is 15.1. The van der Waals surface area contributed by atoms with E-state index in [1.54, 1.807) is 23.1 Å². The lowest BCUT2D eigenvalue weighted by Gasteiger charge is -2.39. The summed E-state index contributed by atoms with van der Waals surface area (Å²) in [7, 11) is 0. The molecule has 5 rings (SSSR count). The molecular weight excluding hydrogens is 631 g/mol. The van der Waals surface area contributed by atoms with Crippen LogP contribution in [0.25, 0.3) is 0 Å². The van der Waals surface area contributed by atoms with E-state index in [4.69, 9.17) is 4.74 Å². The highest BCUT2D eigenvalue weighted by atomic mass is 32.2. The van der Waals surface area contributed by atoms with Gasteiger partial charge in [-0.15, -0.1) is 0 Å². The number of anilines is 3. The Morgan fingerprint density at radius 3 is 2.51 bits per heavy atom. The van der Waals surface area contributed by atoms with Crippen molar-refractivity contribution in [1.29, 1.82) is 0 Å². The van der Waals surface area contributed by atoms with Crippen molar-refractivity contribution in [3.05, 3.63) is 107 Å². The molecule has 3 N–H and O–H groups in total. The average Bonchev–Trinajstić information content (AvgIpc) is 3.04. The van der Waals surface area contributed by atoms with Crippen molar-refractivity contribution in [3.8, 4) is 11.6 Å². The highest BCUT2D eigenvalue weighted by molar-refractivity contribution is 7.99. The number of nitrogens with one attached hydrogen (secondary N) is 2. The van der Waals surface area contributed by atoms with Gasteiger partial charge in [0.1, 0.15) is 17.5 Å². The number of aryl methyl sites for hydroxylation is 1. The maximum absolute atomic E-state index is 14.4. The Balaban J connectivity index is 1.22. The summed E-state index contributed by atoms with van der Waals surface area (Å²) in [4.78, 5) is 33.0. The summed E-state index contributed by atoms with van der Waals surface area (Å²) in [5, 5.41) is 11.5. The Morgan fingerprint density at radius 2 is 1.85 bits per heavy atom. The van der Waals surface area contributed by atoms with Crippen LogP contribution in [-0.4, -0.2) is 58.8 Å². The number of carboxylic acid groups (broad SMARTS) is 1. The molecule has 1 aliphatic heterocycles. The van der Waals surface area contributed by atoms with Crippen molar-refractivity contribution in [2.75, 3.05) is 40.8 Å². The number of aromatic carboxylic acids is 1. The maximum Gasteiger partial charge on any atom is 0.338 e. The maximum atomic E-state index is 14.4. The number of benzene rings is 2. The molecule has 0 radical (unpaired) electrons. The smallest absolute Gasteiger partial charge is 0.338 e. The van der Waals surface area contributed by atoms with Gasteiger partial charge in [-0.2, -0.15) is 0 Å². The number of carbonyl (C=O) groups is 2. The quantitative estimate of drug-likeness (QED) is 0.143. The molecule has 0 unspecified atom stereocenters. The molecule has 1 saturated heterocycles. The number of hydrogen-bond acceptors (Lipinski definition) is 8. The van der Waals surface area contributed by atoms with Crippen LogP contribution in [-0.2, 0) is 11.3 Å². The Kier molecular flexibility index (Phi) is 10.7. The van der Waals surface area contributed by atoms with Crippen molar-refractivity contribution in [2.45, 2.75) is 32.4 Å². The minimum atomic E-state index is -1.59. The van der Waals surface area contributed by atoms with Crippen LogP contribution in [0, 0.1) is 36.5 Å². The van der Waals surface area contributed by atoms with Crippen molar-refractivity contribution in [3.63, 3.8) is 0 Å². The molecule has 1 amide bonds. The van der Waals surface area contributed by atoms with E-state index >= 15 is 0 Å². The van der Waals surface area contributed by atoms with Gasteiger partial charge in [0.15, 0.2) is 5.75 Å². The summed E-state index contributed by atoms with van der Waals surface area (Å²) < 4.78 is 51.4. The molecule has 1 aliphatic rings. The number of carbonyl (C=O) groups excluding carboxylic acids is 1. The molecule has 47 heavy (non-hydrogen) atoms. The summed E-state index contributed by atoms with van der Waals surface area (Å²) in [6, 6.07) is 20.2. The fourth-order valence-corrected chi connectivity index (χ4v) is 5.71. The van der Waals surface area contributed by atoms with Crippen molar-refractivity contribution >= 4 is 40.9 Å². The molecule has 9 nitrogen and oxygen atoms in total. The Hall–Kier alpha value is -4.93. The molecule has 0 atom stereocenters. The number of hydrogen-bond donors (Lipinski definition) is 3. The fraction of sp³-hybridized carbons (Fsp3) is 0.265. The Morgan fingerprint density at radius 1 is 1.06 bits per heavy atom. The zero-order chi connectivity index (χ0) is 33.5. The van der Waals surface area contributed by atoms with E-state index in [0.717, 1.165) is 23.0 Å². The lowest BCUT2D eigenvalue weighted by atomic mass is 10.0. The van der Waals surface area contributed by atoms with E-state index < -0.39 is 40.6 Å². The molecule has 4 aromatic rings. The van der Waals surface area contributed by atoms with Crippen LogP contribution in [0.5, 0.6) is 11.6 Å². The van der Waals surface area contributed by atoms with E-state index in [1.165, 1.54) is 24.1 Å². The second-order valence-corrected chi connectivity index (χ2v) is 11.6. The number of pyridine rings is 1. The molecule has 2 heterocycles. The number of nitrogens with zero attached hydrogens (tertiary/aromatic N) is 3. The predicted molar refractivity (Wildman–Crippen MR) is 174 cm³/mol. The van der Waals surface area contributed by atoms with E-state index in [0.29, 0.717) is 55.9 Å². The molecule has 0 aliphatic carbocycles. The largest absolute Gasteiger partial charge is 0.478 e. The third kappa shape index (κ3) is 8.66. The normalized spacial score (nSPS) is 13.5. The number of halogens is 3. The molecule has 1 aromatic heterocycles. The summed E-state index contributed by atoms with van der Waals surface area (Å²) in [5.74, 6) is -4.14. The van der Waals surface area contributed by atoms with Gasteiger partial charge in [-0.25, -0.2) is 22.9 Å². The topological polar surface area (TPSA) is 107 Å². The summed E-state index contributed by atoms with van der Waals surface area (Å²) in [6.45, 7) is 3.68. The minimum Gasteiger partial charge on any atom is -0.478 e. The van der Waals surface area contributed by atoms with Gasteiger partial charge < -0.3 is 24.8 Å².